The zero-order valence-electron chi connectivity index (χ0n) is 11.2. The maximum Gasteiger partial charge on any atom is 0.251 e. The summed E-state index contributed by atoms with van der Waals surface area (Å²) in [5, 5.41) is 5.66. The topological polar surface area (TPSA) is 67.4 Å². The lowest BCUT2D eigenvalue weighted by molar-refractivity contribution is -0.116. The van der Waals surface area contributed by atoms with E-state index in [9.17, 15) is 9.59 Å². The number of carbonyl (C=O) groups is 2. The van der Waals surface area contributed by atoms with Crippen LogP contribution < -0.4 is 10.6 Å². The molecule has 0 fully saturated rings. The van der Waals surface area contributed by atoms with E-state index >= 15 is 0 Å². The SMILES string of the molecule is COC[C@@H](C)NC(=O)c1ccc2c(c1)CCC(=O)N2. The lowest BCUT2D eigenvalue weighted by Crippen LogP contribution is -2.35. The number of carbonyl (C=O) groups excluding carboxylic acids is 2. The molecule has 1 aromatic carbocycles. The van der Waals surface area contributed by atoms with E-state index in [2.05, 4.69) is 10.6 Å². The van der Waals surface area contributed by atoms with Gasteiger partial charge in [-0.25, -0.2) is 0 Å². The van der Waals surface area contributed by atoms with Gasteiger partial charge in [-0.3, -0.25) is 9.59 Å². The molecule has 0 aromatic heterocycles. The molecule has 0 aliphatic carbocycles. The molecule has 102 valence electrons. The van der Waals surface area contributed by atoms with Crippen LogP contribution in [0.25, 0.3) is 0 Å². The molecule has 0 bridgehead atoms. The molecule has 2 N–H and O–H groups in total. The smallest absolute Gasteiger partial charge is 0.251 e. The molecule has 0 saturated heterocycles. The van der Waals surface area contributed by atoms with Crippen LogP contribution >= 0.6 is 0 Å². The largest absolute Gasteiger partial charge is 0.383 e. The predicted molar refractivity (Wildman–Crippen MR) is 72.2 cm³/mol. The number of anilines is 1. The number of hydrogen-bond acceptors (Lipinski definition) is 3. The van der Waals surface area contributed by atoms with E-state index in [1.54, 1.807) is 19.2 Å². The molecule has 0 spiro atoms. The molecule has 2 amide bonds. The number of nitrogens with one attached hydrogen (secondary N) is 2. The lowest BCUT2D eigenvalue weighted by Gasteiger charge is -2.18. The lowest BCUT2D eigenvalue weighted by atomic mass is 10.00. The van der Waals surface area contributed by atoms with E-state index in [1.165, 1.54) is 0 Å². The number of benzene rings is 1. The fraction of sp³-hybridized carbons (Fsp3) is 0.429. The van der Waals surface area contributed by atoms with Crippen LogP contribution in [0.2, 0.25) is 0 Å². The van der Waals surface area contributed by atoms with Crippen molar-refractivity contribution < 1.29 is 14.3 Å². The monoisotopic (exact) mass is 262 g/mol. The van der Waals surface area contributed by atoms with Crippen LogP contribution in [-0.4, -0.2) is 31.6 Å². The molecule has 1 atom stereocenters. The van der Waals surface area contributed by atoms with Gasteiger partial charge in [-0.2, -0.15) is 0 Å². The van der Waals surface area contributed by atoms with Gasteiger partial charge in [-0.15, -0.1) is 0 Å². The van der Waals surface area contributed by atoms with Crippen LogP contribution in [-0.2, 0) is 16.0 Å². The number of rotatable bonds is 4. The average molecular weight is 262 g/mol. The Balaban J connectivity index is 2.09. The third-order valence-electron chi connectivity index (χ3n) is 3.06. The Morgan fingerprint density at radius 2 is 2.26 bits per heavy atom. The van der Waals surface area contributed by atoms with Crippen LogP contribution in [0.1, 0.15) is 29.3 Å². The van der Waals surface area contributed by atoms with E-state index in [1.807, 2.05) is 13.0 Å². The van der Waals surface area contributed by atoms with Crippen LogP contribution in [0.5, 0.6) is 0 Å². The van der Waals surface area contributed by atoms with Gasteiger partial charge in [0.1, 0.15) is 0 Å². The van der Waals surface area contributed by atoms with Crippen molar-refractivity contribution >= 4 is 17.5 Å². The van der Waals surface area contributed by atoms with E-state index in [-0.39, 0.29) is 17.9 Å². The minimum Gasteiger partial charge on any atom is -0.383 e. The zero-order valence-corrected chi connectivity index (χ0v) is 11.2. The first-order valence-electron chi connectivity index (χ1n) is 6.32. The Kier molecular flexibility index (Phi) is 4.16. The Morgan fingerprint density at radius 3 is 3.00 bits per heavy atom. The molecule has 5 heteroatoms. The fourth-order valence-corrected chi connectivity index (χ4v) is 2.12. The summed E-state index contributed by atoms with van der Waals surface area (Å²) in [4.78, 5) is 23.3. The van der Waals surface area contributed by atoms with Crippen LogP contribution in [0, 0.1) is 0 Å². The van der Waals surface area contributed by atoms with Crippen molar-refractivity contribution in [3.63, 3.8) is 0 Å². The Bertz CT molecular complexity index is 499. The van der Waals surface area contributed by atoms with E-state index in [0.29, 0.717) is 25.0 Å². The summed E-state index contributed by atoms with van der Waals surface area (Å²) < 4.78 is 4.98. The van der Waals surface area contributed by atoms with Crippen LogP contribution in [0.15, 0.2) is 18.2 Å². The Hall–Kier alpha value is -1.88. The first kappa shape index (κ1) is 13.5. The highest BCUT2D eigenvalue weighted by molar-refractivity contribution is 5.98. The van der Waals surface area contributed by atoms with Gasteiger partial charge >= 0.3 is 0 Å². The summed E-state index contributed by atoms with van der Waals surface area (Å²) in [5.74, 6) is -0.0948. The number of fused-ring (bicyclic) bond motifs is 1. The Morgan fingerprint density at radius 1 is 1.47 bits per heavy atom. The molecule has 19 heavy (non-hydrogen) atoms. The second kappa shape index (κ2) is 5.84. The highest BCUT2D eigenvalue weighted by Crippen LogP contribution is 2.23. The molecule has 0 saturated carbocycles. The summed E-state index contributed by atoms with van der Waals surface area (Å²) >= 11 is 0. The summed E-state index contributed by atoms with van der Waals surface area (Å²) in [7, 11) is 1.60. The van der Waals surface area contributed by atoms with Crippen molar-refractivity contribution in [1.29, 1.82) is 0 Å². The van der Waals surface area contributed by atoms with Gasteiger partial charge in [0.25, 0.3) is 5.91 Å². The zero-order chi connectivity index (χ0) is 13.8. The maximum atomic E-state index is 12.0. The number of methoxy groups -OCH3 is 1. The molecule has 0 unspecified atom stereocenters. The van der Waals surface area contributed by atoms with Crippen molar-refractivity contribution in [3.8, 4) is 0 Å². The fourth-order valence-electron chi connectivity index (χ4n) is 2.12. The number of ether oxygens (including phenoxy) is 1. The van der Waals surface area contributed by atoms with Crippen molar-refractivity contribution in [2.45, 2.75) is 25.8 Å². The predicted octanol–water partition coefficient (Wildman–Crippen LogP) is 1.34. The average Bonchev–Trinajstić information content (AvgIpc) is 2.38. The van der Waals surface area contributed by atoms with Gasteiger partial charge in [-0.05, 0) is 37.1 Å². The van der Waals surface area contributed by atoms with Crippen molar-refractivity contribution in [3.05, 3.63) is 29.3 Å². The summed E-state index contributed by atoms with van der Waals surface area (Å²) in [5.41, 5.74) is 2.42. The molecule has 1 aliphatic heterocycles. The first-order valence-corrected chi connectivity index (χ1v) is 6.32. The van der Waals surface area contributed by atoms with Gasteiger partial charge in [-0.1, -0.05) is 0 Å². The van der Waals surface area contributed by atoms with Crippen LogP contribution in [0.3, 0.4) is 0 Å². The highest BCUT2D eigenvalue weighted by atomic mass is 16.5. The summed E-state index contributed by atoms with van der Waals surface area (Å²) in [6.45, 7) is 2.37. The first-order chi connectivity index (χ1) is 9.10. The maximum absolute atomic E-state index is 12.0. The summed E-state index contributed by atoms with van der Waals surface area (Å²) in [6, 6.07) is 5.30. The molecule has 5 nitrogen and oxygen atoms in total. The molecule has 0 radical (unpaired) electrons. The minimum absolute atomic E-state index is 0.0263. The van der Waals surface area contributed by atoms with Crippen molar-refractivity contribution in [1.82, 2.24) is 5.32 Å². The molecule has 1 aromatic rings. The minimum atomic E-state index is -0.121. The second-order valence-corrected chi connectivity index (χ2v) is 4.75. The van der Waals surface area contributed by atoms with Crippen LogP contribution in [0.4, 0.5) is 5.69 Å². The molecule has 1 aliphatic rings. The highest BCUT2D eigenvalue weighted by Gasteiger charge is 2.17. The Labute approximate surface area is 112 Å². The third kappa shape index (κ3) is 3.32. The number of amides is 2. The van der Waals surface area contributed by atoms with Gasteiger partial charge in [0, 0.05) is 30.8 Å². The third-order valence-corrected chi connectivity index (χ3v) is 3.06. The van der Waals surface area contributed by atoms with Gasteiger partial charge in [0.05, 0.1) is 6.61 Å². The standard InChI is InChI=1S/C14H18N2O3/c1-9(8-19-2)15-14(18)11-3-5-12-10(7-11)4-6-13(17)16-12/h3,5,7,9H,4,6,8H2,1-2H3,(H,15,18)(H,16,17)/t9-/m1/s1. The number of aryl methyl sites for hydroxylation is 1. The second-order valence-electron chi connectivity index (χ2n) is 4.75. The van der Waals surface area contributed by atoms with Gasteiger partial charge < -0.3 is 15.4 Å². The number of hydrogen-bond donors (Lipinski definition) is 2. The molecular weight excluding hydrogens is 244 g/mol. The van der Waals surface area contributed by atoms with Crippen molar-refractivity contribution in [2.75, 3.05) is 19.0 Å². The molecule has 1 heterocycles. The van der Waals surface area contributed by atoms with Gasteiger partial charge in [0.2, 0.25) is 5.91 Å². The quantitative estimate of drug-likeness (QED) is 0.860. The molecule has 2 rings (SSSR count). The van der Waals surface area contributed by atoms with E-state index < -0.39 is 0 Å². The summed E-state index contributed by atoms with van der Waals surface area (Å²) in [6.07, 6.45) is 1.15. The van der Waals surface area contributed by atoms with Gasteiger partial charge in [0.15, 0.2) is 0 Å². The van der Waals surface area contributed by atoms with E-state index in [4.69, 9.17) is 4.74 Å². The van der Waals surface area contributed by atoms with Crippen molar-refractivity contribution in [2.24, 2.45) is 0 Å². The molecular formula is C14H18N2O3. The normalized spacial score (nSPS) is 15.4. The van der Waals surface area contributed by atoms with E-state index in [0.717, 1.165) is 11.3 Å².